The summed E-state index contributed by atoms with van der Waals surface area (Å²) in [5.74, 6) is 0.544. The van der Waals surface area contributed by atoms with Gasteiger partial charge in [0.05, 0.1) is 18.9 Å². The number of pyridine rings is 2. The van der Waals surface area contributed by atoms with Crippen LogP contribution in [0.5, 0.6) is 0 Å². The Morgan fingerprint density at radius 3 is 2.58 bits per heavy atom. The zero-order valence-corrected chi connectivity index (χ0v) is 19.0. The van der Waals surface area contributed by atoms with E-state index in [4.69, 9.17) is 14.5 Å². The van der Waals surface area contributed by atoms with E-state index in [1.165, 1.54) is 4.90 Å². The summed E-state index contributed by atoms with van der Waals surface area (Å²) in [6.45, 7) is 7.75. The fourth-order valence-electron chi connectivity index (χ4n) is 5.09. The minimum atomic E-state index is -0.840. The van der Waals surface area contributed by atoms with Crippen molar-refractivity contribution in [3.8, 4) is 11.3 Å². The molecule has 0 saturated carbocycles. The number of rotatable bonds is 4. The van der Waals surface area contributed by atoms with E-state index in [9.17, 15) is 9.90 Å². The Morgan fingerprint density at radius 2 is 1.91 bits per heavy atom. The van der Waals surface area contributed by atoms with Crippen molar-refractivity contribution in [2.45, 2.75) is 38.1 Å². The molecule has 2 aromatic heterocycles. The zero-order valence-electron chi connectivity index (χ0n) is 19.0. The third-order valence-corrected chi connectivity index (χ3v) is 6.89. The number of hydrogen-bond donors (Lipinski definition) is 1. The van der Waals surface area contributed by atoms with E-state index >= 15 is 0 Å². The molecule has 0 unspecified atom stereocenters. The van der Waals surface area contributed by atoms with Crippen molar-refractivity contribution in [2.24, 2.45) is 0 Å². The molecule has 1 spiro atoms. The molecule has 1 N–H and O–H groups in total. The average Bonchev–Trinajstić information content (AvgIpc) is 3.28. The van der Waals surface area contributed by atoms with E-state index in [1.807, 2.05) is 25.4 Å². The van der Waals surface area contributed by atoms with E-state index in [2.05, 4.69) is 33.0 Å². The minimum absolute atomic E-state index is 0.00912. The lowest BCUT2D eigenvalue weighted by Crippen LogP contribution is -2.53. The highest BCUT2D eigenvalue weighted by molar-refractivity contribution is 5.73. The number of carboxylic acid groups (broad SMARTS) is 1. The Labute approximate surface area is 193 Å². The van der Waals surface area contributed by atoms with Crippen LogP contribution in [-0.4, -0.2) is 88.7 Å². The molecule has 33 heavy (non-hydrogen) atoms. The van der Waals surface area contributed by atoms with E-state index in [1.54, 1.807) is 0 Å². The first-order valence-corrected chi connectivity index (χ1v) is 11.7. The maximum Gasteiger partial charge on any atom is 0.407 e. The summed E-state index contributed by atoms with van der Waals surface area (Å²) in [7, 11) is 0. The monoisotopic (exact) mass is 453 g/mol. The molecule has 2 aromatic rings. The number of aromatic nitrogens is 2. The van der Waals surface area contributed by atoms with Crippen molar-refractivity contribution >= 4 is 11.9 Å². The van der Waals surface area contributed by atoms with Gasteiger partial charge in [0.1, 0.15) is 5.82 Å². The molecular weight excluding hydrogens is 422 g/mol. The van der Waals surface area contributed by atoms with Crippen LogP contribution in [0.15, 0.2) is 36.7 Å². The number of piperidine rings is 1. The van der Waals surface area contributed by atoms with Crippen LogP contribution in [0, 0.1) is 0 Å². The van der Waals surface area contributed by atoms with Gasteiger partial charge in [-0.3, -0.25) is 9.88 Å². The summed E-state index contributed by atoms with van der Waals surface area (Å²) in [5, 5.41) is 9.27. The van der Waals surface area contributed by atoms with Crippen molar-refractivity contribution in [1.82, 2.24) is 19.8 Å². The molecule has 9 nitrogen and oxygen atoms in total. The molecule has 3 saturated heterocycles. The van der Waals surface area contributed by atoms with Gasteiger partial charge in [0.15, 0.2) is 5.79 Å². The van der Waals surface area contributed by atoms with E-state index in [0.29, 0.717) is 19.8 Å². The third kappa shape index (κ3) is 4.66. The van der Waals surface area contributed by atoms with E-state index < -0.39 is 11.9 Å². The van der Waals surface area contributed by atoms with Crippen molar-refractivity contribution in [1.29, 1.82) is 0 Å². The molecule has 0 aromatic carbocycles. The van der Waals surface area contributed by atoms with Crippen LogP contribution in [0.25, 0.3) is 11.3 Å². The second-order valence-corrected chi connectivity index (χ2v) is 9.08. The molecule has 176 valence electrons. The molecule has 1 atom stereocenters. The minimum Gasteiger partial charge on any atom is -0.465 e. The van der Waals surface area contributed by atoms with Crippen molar-refractivity contribution < 1.29 is 19.4 Å². The third-order valence-electron chi connectivity index (χ3n) is 6.89. The smallest absolute Gasteiger partial charge is 0.407 e. The number of amides is 1. The maximum atomic E-state index is 11.3. The normalized spacial score (nSPS) is 23.2. The van der Waals surface area contributed by atoms with Crippen LogP contribution in [0.2, 0.25) is 0 Å². The van der Waals surface area contributed by atoms with Gasteiger partial charge in [-0.25, -0.2) is 9.78 Å². The molecule has 9 heteroatoms. The van der Waals surface area contributed by atoms with E-state index in [-0.39, 0.29) is 6.04 Å². The van der Waals surface area contributed by atoms with Crippen molar-refractivity contribution in [2.75, 3.05) is 50.8 Å². The van der Waals surface area contributed by atoms with Gasteiger partial charge in [0, 0.05) is 76.1 Å². The lowest BCUT2D eigenvalue weighted by Gasteiger charge is -2.38. The average molecular weight is 454 g/mol. The lowest BCUT2D eigenvalue weighted by atomic mass is 10.0. The first kappa shape index (κ1) is 22.1. The zero-order chi connectivity index (χ0) is 22.8. The molecule has 0 bridgehead atoms. The maximum absolute atomic E-state index is 11.3. The van der Waals surface area contributed by atoms with Gasteiger partial charge >= 0.3 is 6.09 Å². The van der Waals surface area contributed by atoms with Crippen molar-refractivity contribution in [3.63, 3.8) is 0 Å². The van der Waals surface area contributed by atoms with Gasteiger partial charge in [0.25, 0.3) is 0 Å². The Hall–Kier alpha value is -2.75. The lowest BCUT2D eigenvalue weighted by molar-refractivity contribution is -0.169. The summed E-state index contributed by atoms with van der Waals surface area (Å²) in [4.78, 5) is 26.8. The predicted octanol–water partition coefficient (Wildman–Crippen LogP) is 2.67. The van der Waals surface area contributed by atoms with Crippen molar-refractivity contribution in [3.05, 3.63) is 42.2 Å². The van der Waals surface area contributed by atoms with Gasteiger partial charge in [-0.05, 0) is 30.7 Å². The SMILES string of the molecule is C[C@H]1CN(Cc2ccc(-c3cccnc3N3CCC4(CC3)OCCO4)nc2)CCN1C(=O)O. The molecule has 5 heterocycles. The number of piperazine rings is 1. The van der Waals surface area contributed by atoms with Crippen LogP contribution in [0.1, 0.15) is 25.3 Å². The quantitative estimate of drug-likeness (QED) is 0.756. The fraction of sp³-hybridized carbons (Fsp3) is 0.542. The highest BCUT2D eigenvalue weighted by atomic mass is 16.7. The largest absolute Gasteiger partial charge is 0.465 e. The van der Waals surface area contributed by atoms with Crippen LogP contribution in [0.4, 0.5) is 10.6 Å². The summed E-state index contributed by atoms with van der Waals surface area (Å²) in [6, 6.07) is 8.18. The van der Waals surface area contributed by atoms with Gasteiger partial charge in [-0.1, -0.05) is 6.07 Å². The summed E-state index contributed by atoms with van der Waals surface area (Å²) in [5.41, 5.74) is 3.05. The molecule has 3 aliphatic heterocycles. The standard InChI is InChI=1S/C24H31N5O4/c1-18-16-27(11-12-29(18)23(30)31)17-19-4-5-21(26-15-19)20-3-2-8-25-22(20)28-9-6-24(7-10-28)32-13-14-33-24/h2-5,8,15,18H,6-7,9-14,16-17H2,1H3,(H,30,31)/t18-/m0/s1. The first-order chi connectivity index (χ1) is 16.0. The highest BCUT2D eigenvalue weighted by Gasteiger charge is 2.40. The molecule has 1 amide bonds. The van der Waals surface area contributed by atoms with Gasteiger partial charge in [0.2, 0.25) is 0 Å². The summed E-state index contributed by atoms with van der Waals surface area (Å²) < 4.78 is 11.7. The molecule has 0 aliphatic carbocycles. The number of hydrogen-bond acceptors (Lipinski definition) is 7. The number of nitrogens with zero attached hydrogens (tertiary/aromatic N) is 5. The highest BCUT2D eigenvalue weighted by Crippen LogP contribution is 2.35. The van der Waals surface area contributed by atoms with E-state index in [0.717, 1.165) is 68.2 Å². The molecule has 0 radical (unpaired) electrons. The van der Waals surface area contributed by atoms with Crippen LogP contribution >= 0.6 is 0 Å². The molecule has 3 aliphatic rings. The number of ether oxygens (including phenoxy) is 2. The van der Waals surface area contributed by atoms with Crippen LogP contribution in [0.3, 0.4) is 0 Å². The van der Waals surface area contributed by atoms with Gasteiger partial charge in [-0.15, -0.1) is 0 Å². The summed E-state index contributed by atoms with van der Waals surface area (Å²) >= 11 is 0. The van der Waals surface area contributed by atoms with Crippen LogP contribution in [-0.2, 0) is 16.0 Å². The Kier molecular flexibility index (Phi) is 6.18. The summed E-state index contributed by atoms with van der Waals surface area (Å²) in [6.07, 6.45) is 4.59. The predicted molar refractivity (Wildman–Crippen MR) is 123 cm³/mol. The second-order valence-electron chi connectivity index (χ2n) is 9.08. The Bertz CT molecular complexity index is 969. The first-order valence-electron chi connectivity index (χ1n) is 11.7. The van der Waals surface area contributed by atoms with Gasteiger partial charge < -0.3 is 24.4 Å². The van der Waals surface area contributed by atoms with Gasteiger partial charge in [-0.2, -0.15) is 0 Å². The number of carbonyl (C=O) groups is 1. The molecule has 5 rings (SSSR count). The Balaban J connectivity index is 1.25. The number of anilines is 1. The topological polar surface area (TPSA) is 91.3 Å². The Morgan fingerprint density at radius 1 is 1.12 bits per heavy atom. The van der Waals surface area contributed by atoms with Crippen LogP contribution < -0.4 is 4.90 Å². The second kappa shape index (κ2) is 9.24. The molecular formula is C24H31N5O4. The molecule has 3 fully saturated rings. The fourth-order valence-corrected chi connectivity index (χ4v) is 5.09.